The number of benzene rings is 2. The van der Waals surface area contributed by atoms with E-state index in [1.807, 2.05) is 48.3 Å². The Hall–Kier alpha value is -2.20. The third-order valence-electron chi connectivity index (χ3n) is 3.38. The molecule has 98 valence electrons. The number of nitrogens with zero attached hydrogens (tertiary/aromatic N) is 1. The fourth-order valence-electron chi connectivity index (χ4n) is 2.42. The van der Waals surface area contributed by atoms with E-state index in [0.717, 1.165) is 22.0 Å². The molecule has 2 aromatic carbocycles. The van der Waals surface area contributed by atoms with Crippen molar-refractivity contribution in [1.82, 2.24) is 0 Å². The van der Waals surface area contributed by atoms with Crippen molar-refractivity contribution >= 4 is 33.3 Å². The van der Waals surface area contributed by atoms with Crippen molar-refractivity contribution in [2.24, 2.45) is 0 Å². The molecule has 0 bridgehead atoms. The van der Waals surface area contributed by atoms with Crippen LogP contribution in [0.3, 0.4) is 0 Å². The number of aliphatic hydroxyl groups excluding tert-OH is 1. The van der Waals surface area contributed by atoms with Gasteiger partial charge in [0.05, 0.1) is 17.7 Å². The quantitative estimate of drug-likeness (QED) is 0.707. The summed E-state index contributed by atoms with van der Waals surface area (Å²) in [6.07, 6.45) is 0. The Balaban J connectivity index is 2.36. The molecule has 3 aromatic rings. The van der Waals surface area contributed by atoms with Crippen molar-refractivity contribution in [2.45, 2.75) is 0 Å². The molecule has 0 aliphatic rings. The Morgan fingerprint density at radius 2 is 2.00 bits per heavy atom. The van der Waals surface area contributed by atoms with Crippen molar-refractivity contribution in [3.05, 3.63) is 36.4 Å². The number of nitrogen functional groups attached to an aromatic ring is 1. The zero-order chi connectivity index (χ0) is 13.4. The molecule has 0 atom stereocenters. The number of aliphatic hydroxyl groups is 1. The molecule has 1 aromatic heterocycles. The van der Waals surface area contributed by atoms with Crippen LogP contribution in [0.1, 0.15) is 0 Å². The van der Waals surface area contributed by atoms with E-state index in [9.17, 15) is 0 Å². The smallest absolute Gasteiger partial charge is 0.160 e. The molecule has 3 N–H and O–H groups in total. The third-order valence-corrected chi connectivity index (χ3v) is 3.38. The van der Waals surface area contributed by atoms with Gasteiger partial charge in [0.15, 0.2) is 5.58 Å². The van der Waals surface area contributed by atoms with Crippen molar-refractivity contribution < 1.29 is 9.52 Å². The van der Waals surface area contributed by atoms with Crippen LogP contribution in [0.5, 0.6) is 0 Å². The highest BCUT2D eigenvalue weighted by Crippen LogP contribution is 2.38. The van der Waals surface area contributed by atoms with Gasteiger partial charge in [-0.25, -0.2) is 0 Å². The van der Waals surface area contributed by atoms with Gasteiger partial charge in [0, 0.05) is 24.7 Å². The van der Waals surface area contributed by atoms with E-state index in [1.165, 1.54) is 0 Å². The van der Waals surface area contributed by atoms with Crippen LogP contribution >= 0.6 is 0 Å². The average molecular weight is 256 g/mol. The first kappa shape index (κ1) is 11.9. The minimum Gasteiger partial charge on any atom is -0.454 e. The molecule has 0 radical (unpaired) electrons. The second-order valence-corrected chi connectivity index (χ2v) is 4.62. The monoisotopic (exact) mass is 256 g/mol. The molecule has 0 spiro atoms. The number of furan rings is 1. The molecule has 0 amide bonds. The molecule has 0 saturated carbocycles. The van der Waals surface area contributed by atoms with Gasteiger partial charge >= 0.3 is 0 Å². The maximum absolute atomic E-state index is 9.10. The van der Waals surface area contributed by atoms with E-state index in [2.05, 4.69) is 0 Å². The fourth-order valence-corrected chi connectivity index (χ4v) is 2.42. The van der Waals surface area contributed by atoms with Crippen LogP contribution in [0.4, 0.5) is 11.4 Å². The average Bonchev–Trinajstić information content (AvgIpc) is 2.80. The van der Waals surface area contributed by atoms with Crippen molar-refractivity contribution in [1.29, 1.82) is 0 Å². The summed E-state index contributed by atoms with van der Waals surface area (Å²) in [4.78, 5) is 2.00. The van der Waals surface area contributed by atoms with E-state index in [1.54, 1.807) is 0 Å². The van der Waals surface area contributed by atoms with Crippen LogP contribution in [-0.2, 0) is 0 Å². The van der Waals surface area contributed by atoms with Crippen LogP contribution in [0.25, 0.3) is 21.9 Å². The number of likely N-dealkylation sites (N-methyl/N-ethyl adjacent to an activating group) is 1. The molecule has 0 unspecified atom stereocenters. The summed E-state index contributed by atoms with van der Waals surface area (Å²) in [6, 6.07) is 11.7. The molecular weight excluding hydrogens is 240 g/mol. The molecular formula is C15H16N2O2. The Morgan fingerprint density at radius 3 is 2.79 bits per heavy atom. The van der Waals surface area contributed by atoms with Crippen LogP contribution in [0.15, 0.2) is 40.8 Å². The van der Waals surface area contributed by atoms with Gasteiger partial charge in [-0.15, -0.1) is 0 Å². The molecule has 19 heavy (non-hydrogen) atoms. The zero-order valence-electron chi connectivity index (χ0n) is 10.8. The predicted molar refractivity (Wildman–Crippen MR) is 78.5 cm³/mol. The summed E-state index contributed by atoms with van der Waals surface area (Å²) < 4.78 is 5.84. The lowest BCUT2D eigenvalue weighted by molar-refractivity contribution is 0.304. The van der Waals surface area contributed by atoms with Gasteiger partial charge < -0.3 is 20.2 Å². The fraction of sp³-hybridized carbons (Fsp3) is 0.200. The molecule has 0 aliphatic carbocycles. The second-order valence-electron chi connectivity index (χ2n) is 4.62. The number of nitrogens with two attached hydrogens (primary N) is 1. The molecule has 4 heteroatoms. The first-order chi connectivity index (χ1) is 9.22. The normalized spacial score (nSPS) is 11.3. The third kappa shape index (κ3) is 1.81. The number of rotatable bonds is 3. The zero-order valence-corrected chi connectivity index (χ0v) is 10.8. The first-order valence-electron chi connectivity index (χ1n) is 6.24. The lowest BCUT2D eigenvalue weighted by Gasteiger charge is -2.19. The topological polar surface area (TPSA) is 62.6 Å². The predicted octanol–water partition coefficient (Wildman–Crippen LogP) is 2.60. The van der Waals surface area contributed by atoms with Gasteiger partial charge in [0.2, 0.25) is 0 Å². The van der Waals surface area contributed by atoms with Crippen LogP contribution in [-0.4, -0.2) is 25.3 Å². The summed E-state index contributed by atoms with van der Waals surface area (Å²) in [7, 11) is 1.95. The SMILES string of the molecule is CN(CCO)c1ccc(N)c2oc3ccccc3c12. The van der Waals surface area contributed by atoms with Gasteiger partial charge in [-0.05, 0) is 18.2 Å². The number of para-hydroxylation sites is 1. The second kappa shape index (κ2) is 4.48. The molecule has 0 saturated heterocycles. The minimum atomic E-state index is 0.109. The van der Waals surface area contributed by atoms with Crippen LogP contribution < -0.4 is 10.6 Å². The summed E-state index contributed by atoms with van der Waals surface area (Å²) in [5.74, 6) is 0. The Kier molecular flexibility index (Phi) is 2.80. The van der Waals surface area contributed by atoms with Gasteiger partial charge in [0.25, 0.3) is 0 Å². The number of anilines is 2. The number of fused-ring (bicyclic) bond motifs is 3. The summed E-state index contributed by atoms with van der Waals surface area (Å²) in [5.41, 5.74) is 9.19. The number of hydrogen-bond donors (Lipinski definition) is 2. The lowest BCUT2D eigenvalue weighted by atomic mass is 10.1. The maximum Gasteiger partial charge on any atom is 0.160 e. The van der Waals surface area contributed by atoms with Crippen molar-refractivity contribution in [3.63, 3.8) is 0 Å². The maximum atomic E-state index is 9.10. The molecule has 4 nitrogen and oxygen atoms in total. The Labute approximate surface area is 111 Å². The first-order valence-corrected chi connectivity index (χ1v) is 6.24. The van der Waals surface area contributed by atoms with Crippen LogP contribution in [0, 0.1) is 0 Å². The van der Waals surface area contributed by atoms with Crippen molar-refractivity contribution in [3.8, 4) is 0 Å². The summed E-state index contributed by atoms with van der Waals surface area (Å²) in [5, 5.41) is 11.2. The Morgan fingerprint density at radius 1 is 1.21 bits per heavy atom. The summed E-state index contributed by atoms with van der Waals surface area (Å²) >= 11 is 0. The largest absolute Gasteiger partial charge is 0.454 e. The lowest BCUT2D eigenvalue weighted by Crippen LogP contribution is -2.21. The highest BCUT2D eigenvalue weighted by Gasteiger charge is 2.15. The molecule has 3 rings (SSSR count). The highest BCUT2D eigenvalue weighted by atomic mass is 16.3. The number of hydrogen-bond acceptors (Lipinski definition) is 4. The summed E-state index contributed by atoms with van der Waals surface area (Å²) in [6.45, 7) is 0.677. The van der Waals surface area contributed by atoms with Gasteiger partial charge in [-0.3, -0.25) is 0 Å². The van der Waals surface area contributed by atoms with E-state index < -0.39 is 0 Å². The van der Waals surface area contributed by atoms with Gasteiger partial charge in [0.1, 0.15) is 5.58 Å². The van der Waals surface area contributed by atoms with E-state index in [-0.39, 0.29) is 6.61 Å². The molecule has 0 aliphatic heterocycles. The standard InChI is InChI=1S/C15H16N2O2/c1-17(8-9-18)12-7-6-11(16)15-14(12)10-4-2-3-5-13(10)19-15/h2-7,18H,8-9,16H2,1H3. The molecule has 0 fully saturated rings. The van der Waals surface area contributed by atoms with Crippen LogP contribution in [0.2, 0.25) is 0 Å². The Bertz CT molecular complexity index is 733. The van der Waals surface area contributed by atoms with Gasteiger partial charge in [-0.2, -0.15) is 0 Å². The van der Waals surface area contributed by atoms with E-state index in [0.29, 0.717) is 17.8 Å². The highest BCUT2D eigenvalue weighted by molar-refractivity contribution is 6.14. The van der Waals surface area contributed by atoms with E-state index in [4.69, 9.17) is 15.3 Å². The minimum absolute atomic E-state index is 0.109. The molecule has 1 heterocycles. The van der Waals surface area contributed by atoms with Crippen molar-refractivity contribution in [2.75, 3.05) is 30.8 Å². The van der Waals surface area contributed by atoms with Gasteiger partial charge in [-0.1, -0.05) is 18.2 Å². The van der Waals surface area contributed by atoms with E-state index >= 15 is 0 Å².